The van der Waals surface area contributed by atoms with Crippen LogP contribution in [0.5, 0.6) is 0 Å². The highest BCUT2D eigenvalue weighted by molar-refractivity contribution is 5.58. The number of aliphatic hydroxyl groups excluding tert-OH is 1. The molecule has 0 aliphatic rings. The van der Waals surface area contributed by atoms with E-state index < -0.39 is 0 Å². The van der Waals surface area contributed by atoms with Crippen LogP contribution in [0.15, 0.2) is 24.5 Å². The van der Waals surface area contributed by atoms with Gasteiger partial charge in [-0.05, 0) is 31.5 Å². The summed E-state index contributed by atoms with van der Waals surface area (Å²) in [7, 11) is 0. The van der Waals surface area contributed by atoms with Crippen molar-refractivity contribution >= 4 is 0 Å². The number of nitrogens with zero attached hydrogens (tertiary/aromatic N) is 3. The summed E-state index contributed by atoms with van der Waals surface area (Å²) in [6.07, 6.45) is 3.48. The van der Waals surface area contributed by atoms with Crippen molar-refractivity contribution in [3.05, 3.63) is 41.5 Å². The molecule has 1 N–H and O–H groups in total. The second-order valence-electron chi connectivity index (χ2n) is 3.67. The molecule has 0 aromatic carbocycles. The smallest absolute Gasteiger partial charge is 0.161 e. The molecule has 2 aromatic rings. The van der Waals surface area contributed by atoms with Gasteiger partial charge in [0.15, 0.2) is 5.82 Å². The van der Waals surface area contributed by atoms with E-state index in [0.717, 1.165) is 16.8 Å². The molecule has 0 aliphatic heterocycles. The molecule has 0 bridgehead atoms. The van der Waals surface area contributed by atoms with E-state index in [1.54, 1.807) is 18.5 Å². The fraction of sp³-hybridized carbons (Fsp3) is 0.250. The third-order valence-electron chi connectivity index (χ3n) is 2.35. The van der Waals surface area contributed by atoms with Crippen LogP contribution >= 0.6 is 0 Å². The third-order valence-corrected chi connectivity index (χ3v) is 2.35. The Bertz CT molecular complexity index is 511. The van der Waals surface area contributed by atoms with Crippen LogP contribution in [0.4, 0.5) is 0 Å². The molecular weight excluding hydrogens is 202 g/mol. The Labute approximate surface area is 94.0 Å². The topological polar surface area (TPSA) is 58.9 Å². The molecule has 16 heavy (non-hydrogen) atoms. The van der Waals surface area contributed by atoms with E-state index in [2.05, 4.69) is 15.0 Å². The van der Waals surface area contributed by atoms with E-state index in [0.29, 0.717) is 11.5 Å². The summed E-state index contributed by atoms with van der Waals surface area (Å²) in [5, 5.41) is 9.10. The molecule has 0 radical (unpaired) electrons. The quantitative estimate of drug-likeness (QED) is 0.827. The van der Waals surface area contributed by atoms with Crippen molar-refractivity contribution in [3.8, 4) is 11.4 Å². The zero-order chi connectivity index (χ0) is 11.5. The van der Waals surface area contributed by atoms with Gasteiger partial charge in [-0.2, -0.15) is 0 Å². The number of hydrogen-bond donors (Lipinski definition) is 1. The van der Waals surface area contributed by atoms with Crippen molar-refractivity contribution in [2.24, 2.45) is 0 Å². The minimum atomic E-state index is -0.0737. The Morgan fingerprint density at radius 2 is 2.06 bits per heavy atom. The number of aryl methyl sites for hydroxylation is 2. The van der Waals surface area contributed by atoms with Crippen molar-refractivity contribution in [3.63, 3.8) is 0 Å². The molecule has 0 atom stereocenters. The number of aliphatic hydroxyl groups is 1. The van der Waals surface area contributed by atoms with Crippen LogP contribution in [0.2, 0.25) is 0 Å². The monoisotopic (exact) mass is 215 g/mol. The lowest BCUT2D eigenvalue weighted by Gasteiger charge is -2.06. The molecule has 0 saturated heterocycles. The lowest BCUT2D eigenvalue weighted by atomic mass is 10.1. The van der Waals surface area contributed by atoms with Gasteiger partial charge in [-0.3, -0.25) is 4.98 Å². The Kier molecular flexibility index (Phi) is 2.92. The molecule has 4 heteroatoms. The predicted octanol–water partition coefficient (Wildman–Crippen LogP) is 1.65. The SMILES string of the molecule is Cc1cc(CO)nc(-c2cnccc2C)n1. The van der Waals surface area contributed by atoms with Gasteiger partial charge in [0.2, 0.25) is 0 Å². The fourth-order valence-corrected chi connectivity index (χ4v) is 1.53. The second-order valence-corrected chi connectivity index (χ2v) is 3.67. The van der Waals surface area contributed by atoms with Gasteiger partial charge in [0.05, 0.1) is 12.3 Å². The van der Waals surface area contributed by atoms with Gasteiger partial charge in [-0.1, -0.05) is 0 Å². The zero-order valence-electron chi connectivity index (χ0n) is 9.31. The highest BCUT2D eigenvalue weighted by Crippen LogP contribution is 2.18. The Morgan fingerprint density at radius 1 is 1.25 bits per heavy atom. The van der Waals surface area contributed by atoms with Crippen molar-refractivity contribution in [2.75, 3.05) is 0 Å². The fourth-order valence-electron chi connectivity index (χ4n) is 1.53. The first-order valence-electron chi connectivity index (χ1n) is 5.07. The van der Waals surface area contributed by atoms with Gasteiger partial charge in [0.1, 0.15) is 0 Å². The third kappa shape index (κ3) is 2.06. The zero-order valence-corrected chi connectivity index (χ0v) is 9.31. The van der Waals surface area contributed by atoms with Crippen molar-refractivity contribution in [1.29, 1.82) is 0 Å². The van der Waals surface area contributed by atoms with Gasteiger partial charge in [-0.25, -0.2) is 9.97 Å². The van der Waals surface area contributed by atoms with Crippen molar-refractivity contribution in [1.82, 2.24) is 15.0 Å². The van der Waals surface area contributed by atoms with Crippen LogP contribution in [0.1, 0.15) is 17.0 Å². The van der Waals surface area contributed by atoms with Crippen LogP contribution in [0.3, 0.4) is 0 Å². The lowest BCUT2D eigenvalue weighted by molar-refractivity contribution is 0.276. The number of pyridine rings is 1. The van der Waals surface area contributed by atoms with Crippen LogP contribution < -0.4 is 0 Å². The van der Waals surface area contributed by atoms with Gasteiger partial charge in [-0.15, -0.1) is 0 Å². The van der Waals surface area contributed by atoms with Crippen LogP contribution in [0.25, 0.3) is 11.4 Å². The summed E-state index contributed by atoms with van der Waals surface area (Å²) in [6, 6.07) is 3.69. The van der Waals surface area contributed by atoms with Gasteiger partial charge in [0.25, 0.3) is 0 Å². The second kappa shape index (κ2) is 4.37. The van der Waals surface area contributed by atoms with E-state index in [4.69, 9.17) is 5.11 Å². The lowest BCUT2D eigenvalue weighted by Crippen LogP contribution is -1.99. The summed E-state index contributed by atoms with van der Waals surface area (Å²) in [4.78, 5) is 12.7. The van der Waals surface area contributed by atoms with E-state index in [1.807, 2.05) is 19.9 Å². The summed E-state index contributed by atoms with van der Waals surface area (Å²) >= 11 is 0. The number of aromatic nitrogens is 3. The largest absolute Gasteiger partial charge is 0.390 e. The van der Waals surface area contributed by atoms with Gasteiger partial charge >= 0.3 is 0 Å². The van der Waals surface area contributed by atoms with Crippen LogP contribution in [-0.2, 0) is 6.61 Å². The van der Waals surface area contributed by atoms with Crippen LogP contribution in [0, 0.1) is 13.8 Å². The first kappa shape index (κ1) is 10.7. The van der Waals surface area contributed by atoms with E-state index in [-0.39, 0.29) is 6.61 Å². The molecule has 4 nitrogen and oxygen atoms in total. The Hall–Kier alpha value is -1.81. The molecule has 0 unspecified atom stereocenters. The van der Waals surface area contributed by atoms with E-state index in [9.17, 15) is 0 Å². The molecule has 0 fully saturated rings. The first-order chi connectivity index (χ1) is 7.70. The first-order valence-corrected chi connectivity index (χ1v) is 5.07. The predicted molar refractivity (Wildman–Crippen MR) is 60.7 cm³/mol. The summed E-state index contributed by atoms with van der Waals surface area (Å²) in [5.41, 5.74) is 3.45. The minimum Gasteiger partial charge on any atom is -0.390 e. The van der Waals surface area contributed by atoms with Gasteiger partial charge < -0.3 is 5.11 Å². The van der Waals surface area contributed by atoms with E-state index >= 15 is 0 Å². The van der Waals surface area contributed by atoms with Crippen molar-refractivity contribution in [2.45, 2.75) is 20.5 Å². The summed E-state index contributed by atoms with van der Waals surface area (Å²) < 4.78 is 0. The normalized spacial score (nSPS) is 10.4. The highest BCUT2D eigenvalue weighted by atomic mass is 16.3. The molecule has 0 saturated carbocycles. The maximum atomic E-state index is 9.10. The molecule has 2 heterocycles. The standard InChI is InChI=1S/C12H13N3O/c1-8-3-4-13-6-11(8)12-14-9(2)5-10(7-16)15-12/h3-6,16H,7H2,1-2H3. The van der Waals surface area contributed by atoms with Crippen LogP contribution in [-0.4, -0.2) is 20.1 Å². The summed E-state index contributed by atoms with van der Waals surface area (Å²) in [5.74, 6) is 0.620. The molecule has 2 aromatic heterocycles. The average Bonchev–Trinajstić information content (AvgIpc) is 2.28. The number of rotatable bonds is 2. The van der Waals surface area contributed by atoms with Gasteiger partial charge in [0, 0.05) is 23.7 Å². The molecular formula is C12H13N3O. The molecule has 0 spiro atoms. The highest BCUT2D eigenvalue weighted by Gasteiger charge is 2.07. The Morgan fingerprint density at radius 3 is 2.75 bits per heavy atom. The average molecular weight is 215 g/mol. The maximum Gasteiger partial charge on any atom is 0.161 e. The summed E-state index contributed by atoms with van der Waals surface area (Å²) in [6.45, 7) is 3.80. The number of hydrogen-bond acceptors (Lipinski definition) is 4. The minimum absolute atomic E-state index is 0.0737. The maximum absolute atomic E-state index is 9.10. The molecule has 82 valence electrons. The Balaban J connectivity index is 2.56. The van der Waals surface area contributed by atoms with Crippen molar-refractivity contribution < 1.29 is 5.11 Å². The molecule has 0 aliphatic carbocycles. The van der Waals surface area contributed by atoms with E-state index in [1.165, 1.54) is 0 Å². The molecule has 0 amide bonds. The molecule has 2 rings (SSSR count).